The maximum Gasteiger partial charge on any atom is 0.573 e. The van der Waals surface area contributed by atoms with Crippen LogP contribution < -0.4 is 10.1 Å². The molecule has 0 saturated heterocycles. The van der Waals surface area contributed by atoms with Crippen LogP contribution in [0.4, 0.5) is 18.9 Å². The second kappa shape index (κ2) is 6.79. The zero-order chi connectivity index (χ0) is 18.7. The molecule has 0 aliphatic heterocycles. The summed E-state index contributed by atoms with van der Waals surface area (Å²) in [5.41, 5.74) is 0.651. The molecule has 0 aliphatic carbocycles. The molecule has 1 heterocycles. The van der Waals surface area contributed by atoms with Crippen molar-refractivity contribution in [3.63, 3.8) is 0 Å². The van der Waals surface area contributed by atoms with E-state index >= 15 is 0 Å². The third-order valence-electron chi connectivity index (χ3n) is 3.28. The summed E-state index contributed by atoms with van der Waals surface area (Å²) in [5, 5.41) is 16.4. The molecule has 0 aliphatic rings. The van der Waals surface area contributed by atoms with Gasteiger partial charge in [-0.15, -0.1) is 13.2 Å². The van der Waals surface area contributed by atoms with E-state index in [1.807, 2.05) is 6.07 Å². The Morgan fingerprint density at radius 3 is 2.35 bits per heavy atom. The Balaban J connectivity index is 1.73. The number of para-hydroxylation sites is 1. The van der Waals surface area contributed by atoms with Crippen LogP contribution in [0.3, 0.4) is 0 Å². The minimum absolute atomic E-state index is 0.218. The highest BCUT2D eigenvalue weighted by molar-refractivity contribution is 6.04. The molecular formula is C17H12F3N3O3. The zero-order valence-electron chi connectivity index (χ0n) is 13.1. The van der Waals surface area contributed by atoms with Gasteiger partial charge < -0.3 is 15.2 Å². The number of nitrogens with one attached hydrogen (secondary N) is 1. The highest BCUT2D eigenvalue weighted by atomic mass is 19.4. The van der Waals surface area contributed by atoms with Crippen LogP contribution in [0.2, 0.25) is 0 Å². The van der Waals surface area contributed by atoms with Crippen molar-refractivity contribution in [2.45, 2.75) is 6.36 Å². The van der Waals surface area contributed by atoms with E-state index in [0.29, 0.717) is 5.69 Å². The van der Waals surface area contributed by atoms with Crippen molar-refractivity contribution < 1.29 is 27.8 Å². The van der Waals surface area contributed by atoms with Crippen molar-refractivity contribution in [3.8, 4) is 17.2 Å². The molecule has 6 nitrogen and oxygen atoms in total. The molecular weight excluding hydrogens is 351 g/mol. The van der Waals surface area contributed by atoms with Gasteiger partial charge in [0.25, 0.3) is 5.91 Å². The number of aromatic hydroxyl groups is 1. The summed E-state index contributed by atoms with van der Waals surface area (Å²) in [4.78, 5) is 12.2. The van der Waals surface area contributed by atoms with E-state index in [0.717, 1.165) is 12.1 Å². The average Bonchev–Trinajstić information content (AvgIpc) is 2.98. The Labute approximate surface area is 145 Å². The fourth-order valence-electron chi connectivity index (χ4n) is 2.17. The minimum Gasteiger partial charge on any atom is -0.504 e. The average molecular weight is 363 g/mol. The molecule has 26 heavy (non-hydrogen) atoms. The molecule has 0 radical (unpaired) electrons. The first-order valence-corrected chi connectivity index (χ1v) is 7.33. The summed E-state index contributed by atoms with van der Waals surface area (Å²) >= 11 is 0. The lowest BCUT2D eigenvalue weighted by Crippen LogP contribution is -2.17. The van der Waals surface area contributed by atoms with Crippen LogP contribution in [0.5, 0.6) is 11.5 Å². The minimum atomic E-state index is -4.79. The first kappa shape index (κ1) is 17.3. The molecule has 3 rings (SSSR count). The number of amides is 1. The zero-order valence-corrected chi connectivity index (χ0v) is 13.1. The summed E-state index contributed by atoms with van der Waals surface area (Å²) in [7, 11) is 0. The number of nitrogens with zero attached hydrogens (tertiary/aromatic N) is 2. The van der Waals surface area contributed by atoms with E-state index in [1.165, 1.54) is 23.0 Å². The molecule has 0 bridgehead atoms. The van der Waals surface area contributed by atoms with Gasteiger partial charge in [0.2, 0.25) is 0 Å². The van der Waals surface area contributed by atoms with Gasteiger partial charge in [0.05, 0.1) is 11.9 Å². The molecule has 1 aromatic heterocycles. The van der Waals surface area contributed by atoms with Crippen molar-refractivity contribution in [1.29, 1.82) is 0 Å². The molecule has 0 saturated carbocycles. The van der Waals surface area contributed by atoms with Gasteiger partial charge in [-0.25, -0.2) is 4.68 Å². The second-order valence-corrected chi connectivity index (χ2v) is 5.17. The number of alkyl halides is 3. The lowest BCUT2D eigenvalue weighted by Gasteiger charge is -2.09. The molecule has 2 aromatic carbocycles. The number of benzene rings is 2. The molecule has 9 heteroatoms. The quantitative estimate of drug-likeness (QED) is 0.741. The van der Waals surface area contributed by atoms with Gasteiger partial charge >= 0.3 is 6.36 Å². The Morgan fingerprint density at radius 1 is 1.08 bits per heavy atom. The lowest BCUT2D eigenvalue weighted by molar-refractivity contribution is -0.274. The number of carbonyl (C=O) groups excluding carboxylic acids is 1. The monoisotopic (exact) mass is 363 g/mol. The molecule has 1 amide bonds. The number of halogens is 3. The molecule has 0 unspecified atom stereocenters. The van der Waals surface area contributed by atoms with Gasteiger partial charge in [-0.1, -0.05) is 18.2 Å². The summed E-state index contributed by atoms with van der Waals surface area (Å²) < 4.78 is 41.5. The van der Waals surface area contributed by atoms with Crippen LogP contribution in [0, 0.1) is 0 Å². The van der Waals surface area contributed by atoms with Gasteiger partial charge in [-0.05, 0) is 36.4 Å². The van der Waals surface area contributed by atoms with Gasteiger partial charge in [0, 0.05) is 5.69 Å². The Bertz CT molecular complexity index is 906. The highest BCUT2D eigenvalue weighted by Gasteiger charge is 2.31. The van der Waals surface area contributed by atoms with Crippen molar-refractivity contribution in [2.24, 2.45) is 0 Å². The third kappa shape index (κ3) is 4.12. The molecule has 0 spiro atoms. The lowest BCUT2D eigenvalue weighted by atomic mass is 10.3. The normalized spacial score (nSPS) is 11.2. The van der Waals surface area contributed by atoms with Crippen LogP contribution >= 0.6 is 0 Å². The summed E-state index contributed by atoms with van der Waals surface area (Å²) in [5.74, 6) is -1.45. The first-order valence-electron chi connectivity index (χ1n) is 7.33. The smallest absolute Gasteiger partial charge is 0.504 e. The van der Waals surface area contributed by atoms with E-state index in [4.69, 9.17) is 0 Å². The number of hydrogen-bond donors (Lipinski definition) is 2. The third-order valence-corrected chi connectivity index (χ3v) is 3.28. The molecule has 0 atom stereocenters. The standard InChI is InChI=1S/C17H12F3N3O3/c18-17(19,20)26-13-8-6-11(7-9-13)21-16(25)15-14(24)10-23(22-15)12-4-2-1-3-5-12/h1-10,24H,(H,21,25). The highest BCUT2D eigenvalue weighted by Crippen LogP contribution is 2.25. The maximum absolute atomic E-state index is 12.2. The maximum atomic E-state index is 12.2. The number of hydrogen-bond acceptors (Lipinski definition) is 4. The van der Waals surface area contributed by atoms with Crippen LogP contribution in [0.15, 0.2) is 60.8 Å². The van der Waals surface area contributed by atoms with Gasteiger partial charge in [-0.3, -0.25) is 4.79 Å². The van der Waals surface area contributed by atoms with E-state index < -0.39 is 18.0 Å². The molecule has 0 fully saturated rings. The topological polar surface area (TPSA) is 76.4 Å². The predicted molar refractivity (Wildman–Crippen MR) is 86.3 cm³/mol. The van der Waals surface area contributed by atoms with E-state index in [2.05, 4.69) is 15.2 Å². The van der Waals surface area contributed by atoms with Crippen molar-refractivity contribution in [1.82, 2.24) is 9.78 Å². The molecule has 3 aromatic rings. The fraction of sp³-hybridized carbons (Fsp3) is 0.0588. The molecule has 134 valence electrons. The number of anilines is 1. The Morgan fingerprint density at radius 2 is 1.73 bits per heavy atom. The van der Waals surface area contributed by atoms with Crippen LogP contribution in [0.25, 0.3) is 5.69 Å². The van der Waals surface area contributed by atoms with Crippen LogP contribution in [-0.4, -0.2) is 27.2 Å². The van der Waals surface area contributed by atoms with Gasteiger partial charge in [0.1, 0.15) is 5.75 Å². The number of aromatic nitrogens is 2. The summed E-state index contributed by atoms with van der Waals surface area (Å²) in [6.07, 6.45) is -3.51. The molecule has 2 N–H and O–H groups in total. The fourth-order valence-corrected chi connectivity index (χ4v) is 2.17. The number of rotatable bonds is 4. The van der Waals surface area contributed by atoms with Crippen molar-refractivity contribution >= 4 is 11.6 Å². The summed E-state index contributed by atoms with van der Waals surface area (Å²) in [6.45, 7) is 0. The van der Waals surface area contributed by atoms with Crippen LogP contribution in [0.1, 0.15) is 10.5 Å². The van der Waals surface area contributed by atoms with Gasteiger partial charge in [-0.2, -0.15) is 5.10 Å². The van der Waals surface area contributed by atoms with Crippen molar-refractivity contribution in [3.05, 3.63) is 66.5 Å². The number of ether oxygens (including phenoxy) is 1. The summed E-state index contributed by atoms with van der Waals surface area (Å²) in [6, 6.07) is 13.5. The van der Waals surface area contributed by atoms with E-state index in [9.17, 15) is 23.1 Å². The first-order chi connectivity index (χ1) is 12.3. The van der Waals surface area contributed by atoms with Crippen LogP contribution in [-0.2, 0) is 0 Å². The van der Waals surface area contributed by atoms with E-state index in [-0.39, 0.29) is 17.1 Å². The van der Waals surface area contributed by atoms with Crippen molar-refractivity contribution in [2.75, 3.05) is 5.32 Å². The number of carbonyl (C=O) groups is 1. The SMILES string of the molecule is O=C(Nc1ccc(OC(F)(F)F)cc1)c1nn(-c2ccccc2)cc1O. The Kier molecular flexibility index (Phi) is 4.53. The largest absolute Gasteiger partial charge is 0.573 e. The Hall–Kier alpha value is -3.49. The predicted octanol–water partition coefficient (Wildman–Crippen LogP) is 3.73. The van der Waals surface area contributed by atoms with Gasteiger partial charge in [0.15, 0.2) is 11.4 Å². The van der Waals surface area contributed by atoms with E-state index in [1.54, 1.807) is 24.3 Å². The second-order valence-electron chi connectivity index (χ2n) is 5.17.